The molecule has 2 aromatic carbocycles. The van der Waals surface area contributed by atoms with Gasteiger partial charge in [0.1, 0.15) is 11.0 Å². The summed E-state index contributed by atoms with van der Waals surface area (Å²) in [4.78, 5) is 10.7. The second-order valence-corrected chi connectivity index (χ2v) is 8.53. The Balaban J connectivity index is 0.000000176. The molecule has 0 amide bonds. The van der Waals surface area contributed by atoms with E-state index in [1.807, 2.05) is 66.5 Å². The summed E-state index contributed by atoms with van der Waals surface area (Å²) in [5.74, 6) is 0.898. The Bertz CT molecular complexity index is 1150. The first kappa shape index (κ1) is 21.5. The Kier molecular flexibility index (Phi) is 7.43. The molecule has 0 spiro atoms. The smallest absolute Gasteiger partial charge is 0.129 e. The standard InChI is InChI=1S/C13H12BrN3.C9H5BrClN/c1-17(8-2-7-15)13-6-3-10-9-11(14)4-5-12(10)16-13;10-7-2-3-8-6(5-7)1-4-9(11)12-8/h3-6,9H,2,8H2,1H3;1-5H. The summed E-state index contributed by atoms with van der Waals surface area (Å²) in [6.07, 6.45) is 0.510. The lowest BCUT2D eigenvalue weighted by molar-refractivity contribution is 0.889. The summed E-state index contributed by atoms with van der Waals surface area (Å²) in [7, 11) is 1.95. The monoisotopic (exact) mass is 530 g/mol. The van der Waals surface area contributed by atoms with Crippen LogP contribution in [0.4, 0.5) is 5.82 Å². The molecule has 0 saturated heterocycles. The minimum atomic E-state index is 0.510. The summed E-state index contributed by atoms with van der Waals surface area (Å²) in [5, 5.41) is 11.3. The molecule has 4 nitrogen and oxygen atoms in total. The number of anilines is 1. The van der Waals surface area contributed by atoms with Crippen LogP contribution in [0.25, 0.3) is 21.8 Å². The number of rotatable bonds is 3. The third-order valence-corrected chi connectivity index (χ3v) is 5.40. The topological polar surface area (TPSA) is 52.8 Å². The molecular weight excluding hydrogens is 516 g/mol. The molecule has 29 heavy (non-hydrogen) atoms. The van der Waals surface area contributed by atoms with Gasteiger partial charge in [0.2, 0.25) is 0 Å². The average Bonchev–Trinajstić information content (AvgIpc) is 2.72. The number of halogens is 3. The molecule has 2 heterocycles. The van der Waals surface area contributed by atoms with Crippen molar-refractivity contribution >= 4 is 71.1 Å². The van der Waals surface area contributed by atoms with E-state index < -0.39 is 0 Å². The molecule has 2 aromatic heterocycles. The number of pyridine rings is 2. The van der Waals surface area contributed by atoms with Crippen molar-refractivity contribution in [1.29, 1.82) is 5.26 Å². The Morgan fingerprint density at radius 2 is 1.48 bits per heavy atom. The molecule has 0 unspecified atom stereocenters. The second-order valence-electron chi connectivity index (χ2n) is 6.31. The van der Waals surface area contributed by atoms with Gasteiger partial charge >= 0.3 is 0 Å². The molecular formula is C22H17Br2ClN4. The SMILES string of the molecule is CN(CCC#N)c1ccc2cc(Br)ccc2n1.Clc1ccc2cc(Br)ccc2n1. The summed E-state index contributed by atoms with van der Waals surface area (Å²) < 4.78 is 2.11. The maximum absolute atomic E-state index is 8.56. The maximum Gasteiger partial charge on any atom is 0.129 e. The van der Waals surface area contributed by atoms with E-state index in [1.165, 1.54) is 0 Å². The molecule has 0 N–H and O–H groups in total. The fourth-order valence-electron chi connectivity index (χ4n) is 2.70. The van der Waals surface area contributed by atoms with Crippen molar-refractivity contribution < 1.29 is 0 Å². The van der Waals surface area contributed by atoms with E-state index in [-0.39, 0.29) is 0 Å². The highest BCUT2D eigenvalue weighted by atomic mass is 79.9. The fourth-order valence-corrected chi connectivity index (χ4v) is 3.61. The Morgan fingerprint density at radius 3 is 2.10 bits per heavy atom. The van der Waals surface area contributed by atoms with Gasteiger partial charge in [-0.1, -0.05) is 43.5 Å². The predicted molar refractivity (Wildman–Crippen MR) is 127 cm³/mol. The van der Waals surface area contributed by atoms with Crippen LogP contribution < -0.4 is 4.90 Å². The average molecular weight is 533 g/mol. The lowest BCUT2D eigenvalue weighted by Crippen LogP contribution is -2.19. The number of nitrogens with zero attached hydrogens (tertiary/aromatic N) is 4. The van der Waals surface area contributed by atoms with Gasteiger partial charge in [-0.05, 0) is 60.7 Å². The zero-order valence-electron chi connectivity index (χ0n) is 15.6. The molecule has 4 rings (SSSR count). The van der Waals surface area contributed by atoms with Gasteiger partial charge < -0.3 is 4.90 Å². The molecule has 0 bridgehead atoms. The second kappa shape index (κ2) is 10.0. The Labute approximate surface area is 191 Å². The quantitative estimate of drug-likeness (QED) is 0.267. The molecule has 0 aliphatic carbocycles. The third kappa shape index (κ3) is 5.89. The first-order chi connectivity index (χ1) is 14.0. The van der Waals surface area contributed by atoms with E-state index >= 15 is 0 Å². The molecule has 0 radical (unpaired) electrons. The van der Waals surface area contributed by atoms with Crippen molar-refractivity contribution in [3.05, 3.63) is 74.8 Å². The van der Waals surface area contributed by atoms with Crippen molar-refractivity contribution in [3.8, 4) is 6.07 Å². The van der Waals surface area contributed by atoms with E-state index in [1.54, 1.807) is 6.07 Å². The Morgan fingerprint density at radius 1 is 0.897 bits per heavy atom. The highest BCUT2D eigenvalue weighted by Gasteiger charge is 2.03. The molecule has 0 fully saturated rings. The highest BCUT2D eigenvalue weighted by molar-refractivity contribution is 9.10. The number of benzene rings is 2. The van der Waals surface area contributed by atoms with Crippen LogP contribution in [0, 0.1) is 11.3 Å². The molecule has 4 aromatic rings. The van der Waals surface area contributed by atoms with Crippen molar-refractivity contribution in [2.45, 2.75) is 6.42 Å². The van der Waals surface area contributed by atoms with E-state index in [9.17, 15) is 0 Å². The molecule has 0 saturated carbocycles. The summed E-state index contributed by atoms with van der Waals surface area (Å²) in [5.41, 5.74) is 1.89. The number of nitriles is 1. The van der Waals surface area contributed by atoms with E-state index in [0.29, 0.717) is 18.1 Å². The van der Waals surface area contributed by atoms with Crippen LogP contribution in [0.5, 0.6) is 0 Å². The summed E-state index contributed by atoms with van der Waals surface area (Å²) in [6.45, 7) is 0.700. The maximum atomic E-state index is 8.56. The van der Waals surface area contributed by atoms with Gasteiger partial charge in [-0.3, -0.25) is 0 Å². The fraction of sp³-hybridized carbons (Fsp3) is 0.136. The summed E-state index contributed by atoms with van der Waals surface area (Å²) in [6, 6.07) is 21.8. The van der Waals surface area contributed by atoms with Crippen LogP contribution >= 0.6 is 43.5 Å². The molecule has 7 heteroatoms. The zero-order valence-corrected chi connectivity index (χ0v) is 19.5. The van der Waals surface area contributed by atoms with Crippen LogP contribution in [-0.4, -0.2) is 23.6 Å². The number of hydrogen-bond donors (Lipinski definition) is 0. The molecule has 0 aliphatic heterocycles. The van der Waals surface area contributed by atoms with E-state index in [2.05, 4.69) is 47.9 Å². The van der Waals surface area contributed by atoms with E-state index in [4.69, 9.17) is 16.9 Å². The van der Waals surface area contributed by atoms with Gasteiger partial charge in [0.05, 0.1) is 23.5 Å². The highest BCUT2D eigenvalue weighted by Crippen LogP contribution is 2.21. The molecule has 146 valence electrons. The van der Waals surface area contributed by atoms with Gasteiger partial charge in [0.25, 0.3) is 0 Å². The zero-order chi connectivity index (χ0) is 20.8. The van der Waals surface area contributed by atoms with Crippen LogP contribution in [0.2, 0.25) is 5.15 Å². The summed E-state index contributed by atoms with van der Waals surface area (Å²) >= 11 is 12.6. The first-order valence-corrected chi connectivity index (χ1v) is 10.8. The van der Waals surface area contributed by atoms with Crippen molar-refractivity contribution in [2.24, 2.45) is 0 Å². The third-order valence-electron chi connectivity index (χ3n) is 4.20. The van der Waals surface area contributed by atoms with Crippen LogP contribution in [0.15, 0.2) is 69.6 Å². The van der Waals surface area contributed by atoms with Gasteiger partial charge in [-0.15, -0.1) is 0 Å². The first-order valence-electron chi connectivity index (χ1n) is 8.82. The lowest BCUT2D eigenvalue weighted by Gasteiger charge is -2.16. The normalized spacial score (nSPS) is 10.3. The van der Waals surface area contributed by atoms with Gasteiger partial charge in [-0.2, -0.15) is 5.26 Å². The van der Waals surface area contributed by atoms with Crippen molar-refractivity contribution in [3.63, 3.8) is 0 Å². The molecule has 0 aliphatic rings. The van der Waals surface area contributed by atoms with Crippen LogP contribution in [0.1, 0.15) is 6.42 Å². The molecule has 0 atom stereocenters. The van der Waals surface area contributed by atoms with Crippen LogP contribution in [0.3, 0.4) is 0 Å². The minimum absolute atomic E-state index is 0.510. The van der Waals surface area contributed by atoms with Crippen LogP contribution in [-0.2, 0) is 0 Å². The van der Waals surface area contributed by atoms with Gasteiger partial charge in [-0.25, -0.2) is 9.97 Å². The van der Waals surface area contributed by atoms with Gasteiger partial charge in [0.15, 0.2) is 0 Å². The van der Waals surface area contributed by atoms with E-state index in [0.717, 1.165) is 36.6 Å². The minimum Gasteiger partial charge on any atom is -0.359 e. The van der Waals surface area contributed by atoms with Gasteiger partial charge in [0, 0.05) is 33.3 Å². The predicted octanol–water partition coefficient (Wildman–Crippen LogP) is 7.00. The Hall–Kier alpha value is -2.20. The lowest BCUT2D eigenvalue weighted by atomic mass is 10.2. The number of fused-ring (bicyclic) bond motifs is 2. The number of hydrogen-bond acceptors (Lipinski definition) is 4. The number of aromatic nitrogens is 2. The van der Waals surface area contributed by atoms with Crippen molar-refractivity contribution in [1.82, 2.24) is 9.97 Å². The largest absolute Gasteiger partial charge is 0.359 e. The van der Waals surface area contributed by atoms with Crippen molar-refractivity contribution in [2.75, 3.05) is 18.5 Å².